The summed E-state index contributed by atoms with van der Waals surface area (Å²) in [4.78, 5) is 15.8. The van der Waals surface area contributed by atoms with E-state index in [-0.39, 0.29) is 25.2 Å². The lowest BCUT2D eigenvalue weighted by molar-refractivity contribution is -0.647. The zero-order valence-corrected chi connectivity index (χ0v) is 28.8. The highest BCUT2D eigenvalue weighted by Crippen LogP contribution is 2.47. The summed E-state index contributed by atoms with van der Waals surface area (Å²) in [6, 6.07) is 13.7. The molecule has 1 aliphatic heterocycles. The van der Waals surface area contributed by atoms with Crippen molar-refractivity contribution in [3.8, 4) is 0 Å². The van der Waals surface area contributed by atoms with Gasteiger partial charge in [-0.3, -0.25) is 9.35 Å². The lowest BCUT2D eigenvalue weighted by atomic mass is 10.1. The molecule has 5 rings (SSSR count). The van der Waals surface area contributed by atoms with Gasteiger partial charge in [-0.2, -0.15) is 21.6 Å². The summed E-state index contributed by atoms with van der Waals surface area (Å²) in [5, 5.41) is 1.40. The zero-order valence-electron chi connectivity index (χ0n) is 26.4. The molecule has 17 heteroatoms. The van der Waals surface area contributed by atoms with Crippen LogP contribution in [0, 0.1) is 0 Å². The molecule has 1 aromatic heterocycles. The van der Waals surface area contributed by atoms with E-state index in [2.05, 4.69) is 0 Å². The molecule has 260 valence electrons. The summed E-state index contributed by atoms with van der Waals surface area (Å²) >= 11 is 5.99. The van der Waals surface area contributed by atoms with E-state index in [0.717, 1.165) is 28.6 Å². The van der Waals surface area contributed by atoms with Gasteiger partial charge < -0.3 is 9.80 Å². The van der Waals surface area contributed by atoms with Gasteiger partial charge in [0.1, 0.15) is 5.82 Å². The summed E-state index contributed by atoms with van der Waals surface area (Å²) in [6.07, 6.45) is 4.42. The quantitative estimate of drug-likeness (QED) is 0.132. The number of nitrogens with one attached hydrogen (secondary N) is 1. The minimum atomic E-state index is -4.72. The summed E-state index contributed by atoms with van der Waals surface area (Å²) < 4.78 is 102. The number of imidazole rings is 1. The number of hydrogen-bond acceptors (Lipinski definition) is 7. The monoisotopic (exact) mass is 738 g/mol. The lowest BCUT2D eigenvalue weighted by Crippen LogP contribution is -2.35. The van der Waals surface area contributed by atoms with Crippen molar-refractivity contribution in [1.82, 2.24) is 9.29 Å². The largest absolute Gasteiger partial charge is 0.417 e. The summed E-state index contributed by atoms with van der Waals surface area (Å²) in [6.45, 7) is -0.314. The maximum atomic E-state index is 13.7. The summed E-state index contributed by atoms with van der Waals surface area (Å²) in [5.41, 5.74) is 0.984. The fraction of sp³-hybridized carbons (Fsp3) is 0.250. The van der Waals surface area contributed by atoms with Crippen LogP contribution >= 0.6 is 11.6 Å². The predicted molar refractivity (Wildman–Crippen MR) is 183 cm³/mol. The predicted octanol–water partition coefficient (Wildman–Crippen LogP) is 5.01. The van der Waals surface area contributed by atoms with Crippen LogP contribution in [-0.2, 0) is 44.7 Å². The van der Waals surface area contributed by atoms with Crippen molar-refractivity contribution in [3.63, 3.8) is 0 Å². The van der Waals surface area contributed by atoms with Gasteiger partial charge in [-0.25, -0.2) is 22.3 Å². The number of carbonyl (C=O) groups is 1. The molecular weight excluding hydrogens is 707 g/mol. The normalized spacial score (nSPS) is 15.1. The van der Waals surface area contributed by atoms with E-state index < -0.39 is 48.6 Å². The number of fused-ring (bicyclic) bond motifs is 3. The van der Waals surface area contributed by atoms with Crippen LogP contribution in [-0.4, -0.2) is 57.5 Å². The second-order valence-electron chi connectivity index (χ2n) is 11.4. The van der Waals surface area contributed by atoms with Crippen LogP contribution in [0.4, 0.5) is 24.5 Å². The number of alkyl halides is 3. The molecule has 1 amide bonds. The van der Waals surface area contributed by atoms with Crippen molar-refractivity contribution in [2.45, 2.75) is 19.1 Å². The highest BCUT2D eigenvalue weighted by atomic mass is 35.5. The van der Waals surface area contributed by atoms with E-state index in [4.69, 9.17) is 11.6 Å². The average molecular weight is 739 g/mol. The highest BCUT2D eigenvalue weighted by molar-refractivity contribution is 7.89. The maximum Gasteiger partial charge on any atom is 0.417 e. The Bertz CT molecular complexity index is 2280. The third-order valence-corrected chi connectivity index (χ3v) is 9.57. The Morgan fingerprint density at radius 1 is 1.02 bits per heavy atom. The number of benzene rings is 3. The van der Waals surface area contributed by atoms with Crippen molar-refractivity contribution >= 4 is 76.9 Å². The first-order valence-electron chi connectivity index (χ1n) is 14.7. The van der Waals surface area contributed by atoms with Crippen molar-refractivity contribution in [2.24, 2.45) is 7.05 Å². The second-order valence-corrected chi connectivity index (χ2v) is 15.2. The highest BCUT2D eigenvalue weighted by Gasteiger charge is 2.38. The fourth-order valence-electron chi connectivity index (χ4n) is 5.75. The van der Waals surface area contributed by atoms with Crippen LogP contribution in [0.15, 0.2) is 78.7 Å². The third-order valence-electron chi connectivity index (χ3n) is 7.85. The summed E-state index contributed by atoms with van der Waals surface area (Å²) in [5.74, 6) is -0.321. The van der Waals surface area contributed by atoms with E-state index in [0.29, 0.717) is 22.8 Å². The van der Waals surface area contributed by atoms with E-state index >= 15 is 0 Å². The van der Waals surface area contributed by atoms with Crippen molar-refractivity contribution in [3.05, 3.63) is 95.1 Å². The first-order chi connectivity index (χ1) is 22.8. The van der Waals surface area contributed by atoms with E-state index in [1.165, 1.54) is 11.0 Å². The van der Waals surface area contributed by atoms with Gasteiger partial charge in [-0.05, 0) is 47.5 Å². The number of sulfonamides is 1. The first kappa shape index (κ1) is 35.9. The van der Waals surface area contributed by atoms with Gasteiger partial charge in [0.25, 0.3) is 21.8 Å². The lowest BCUT2D eigenvalue weighted by Gasteiger charge is -2.22. The van der Waals surface area contributed by atoms with Gasteiger partial charge in [0, 0.05) is 19.7 Å². The Kier molecular flexibility index (Phi) is 9.89. The maximum absolute atomic E-state index is 13.7. The standard InChI is InChI=1S/C32H31ClF3N5O6S2/c1-38-25-16-21-10-7-8-11-22(21)17-27(25)41(20-29(42)37-48(3,43)44)31(38)13-6-4-5-12-30-39(2)26-19-24(33)23(32(34,35)36)18-28(26)40(30)14-9-15-49(45,46)47/h4-8,10-13,16-19H,9,14-15,20H2,1-3H3,(H-,37,42,45,46,47)/p+1. The third kappa shape index (κ3) is 8.09. The smallest absolute Gasteiger partial charge is 0.329 e. The van der Waals surface area contributed by atoms with Crippen LogP contribution in [0.25, 0.3) is 27.9 Å². The van der Waals surface area contributed by atoms with Crippen molar-refractivity contribution in [1.29, 1.82) is 0 Å². The Labute approximate surface area is 286 Å². The fourth-order valence-corrected chi connectivity index (χ4v) is 6.99. The van der Waals surface area contributed by atoms with Crippen LogP contribution in [0.3, 0.4) is 0 Å². The van der Waals surface area contributed by atoms with Gasteiger partial charge in [0.15, 0.2) is 17.6 Å². The molecule has 0 saturated heterocycles. The molecule has 0 bridgehead atoms. The molecule has 2 heterocycles. The minimum Gasteiger partial charge on any atom is -0.329 e. The van der Waals surface area contributed by atoms with Gasteiger partial charge >= 0.3 is 6.18 Å². The number of halogens is 4. The number of aryl methyl sites for hydroxylation is 1. The second kappa shape index (κ2) is 13.5. The number of hydrogen-bond donors (Lipinski definition) is 2. The Balaban J connectivity index is 1.50. The van der Waals surface area contributed by atoms with Crippen molar-refractivity contribution < 1.29 is 43.9 Å². The molecule has 0 atom stereocenters. The molecule has 0 saturated carbocycles. The Hall–Kier alpha value is -4.38. The first-order valence-corrected chi connectivity index (χ1v) is 18.6. The molecule has 0 aliphatic carbocycles. The minimum absolute atomic E-state index is 0.0224. The Morgan fingerprint density at radius 2 is 1.69 bits per heavy atom. The number of amides is 1. The summed E-state index contributed by atoms with van der Waals surface area (Å²) in [7, 11) is -4.66. The van der Waals surface area contributed by atoms with E-state index in [1.54, 1.807) is 46.9 Å². The van der Waals surface area contributed by atoms with Crippen LogP contribution in [0.1, 0.15) is 17.8 Å². The number of rotatable bonds is 10. The van der Waals surface area contributed by atoms with Gasteiger partial charge in [0.2, 0.25) is 10.0 Å². The number of nitrogens with zero attached hydrogens (tertiary/aromatic N) is 4. The topological polar surface area (TPSA) is 133 Å². The number of allylic oxidation sites excluding steroid dienone is 4. The van der Waals surface area contributed by atoms with Crippen molar-refractivity contribution in [2.75, 3.05) is 35.4 Å². The molecule has 0 fully saturated rings. The number of anilines is 2. The molecule has 4 aromatic rings. The molecule has 2 N–H and O–H groups in total. The SMILES string of the molecule is CN1\C(=C/C=C/C=C/c2n(CC(=O)NS(C)(=O)=O)c3cc4ccccc4cc3[n+]2C)N(CCCS(=O)(=O)O)c2cc(C(F)(F)F)c(Cl)cc21. The Morgan fingerprint density at radius 3 is 2.33 bits per heavy atom. The van der Waals surface area contributed by atoms with E-state index in [1.807, 2.05) is 52.7 Å². The van der Waals surface area contributed by atoms with Crippen LogP contribution in [0.5, 0.6) is 0 Å². The van der Waals surface area contributed by atoms with Crippen LogP contribution in [0.2, 0.25) is 5.02 Å². The molecule has 49 heavy (non-hydrogen) atoms. The van der Waals surface area contributed by atoms with E-state index in [9.17, 15) is 39.4 Å². The van der Waals surface area contributed by atoms with Gasteiger partial charge in [-0.1, -0.05) is 54.1 Å². The molecule has 1 aliphatic rings. The molecule has 0 spiro atoms. The molecule has 3 aromatic carbocycles. The number of carbonyl (C=O) groups excluding carboxylic acids is 1. The molecule has 0 radical (unpaired) electrons. The molecule has 0 unspecified atom stereocenters. The van der Waals surface area contributed by atoms with Gasteiger partial charge in [0.05, 0.1) is 41.0 Å². The molecular formula is C32H32ClF3N5O6S2+. The number of aromatic nitrogens is 2. The van der Waals surface area contributed by atoms with Gasteiger partial charge in [-0.15, -0.1) is 0 Å². The van der Waals surface area contributed by atoms with Crippen LogP contribution < -0.4 is 19.1 Å². The average Bonchev–Trinajstić information content (AvgIpc) is 3.38. The molecule has 11 nitrogen and oxygen atoms in total. The zero-order chi connectivity index (χ0) is 35.9.